The number of carbonyl (C=O) groups excluding carboxylic acids is 3. The number of ether oxygens (including phenoxy) is 1. The smallest absolute Gasteiger partial charge is 0.311 e. The first kappa shape index (κ1) is 24.8. The molecular formula is C31H32N2O4. The lowest BCUT2D eigenvalue weighted by atomic mass is 9.80. The summed E-state index contributed by atoms with van der Waals surface area (Å²) in [5.41, 5.74) is 2.49. The molecule has 190 valence electrons. The van der Waals surface area contributed by atoms with E-state index < -0.39 is 29.9 Å². The van der Waals surface area contributed by atoms with E-state index in [1.165, 1.54) is 7.11 Å². The molecule has 0 radical (unpaired) electrons. The van der Waals surface area contributed by atoms with E-state index in [1.807, 2.05) is 91.0 Å². The lowest BCUT2D eigenvalue weighted by Gasteiger charge is -2.31. The van der Waals surface area contributed by atoms with Gasteiger partial charge >= 0.3 is 5.97 Å². The molecule has 2 fully saturated rings. The molecule has 2 aliphatic rings. The fraction of sp³-hybridized carbons (Fsp3) is 0.323. The zero-order valence-corrected chi connectivity index (χ0v) is 21.0. The maximum Gasteiger partial charge on any atom is 0.311 e. The highest BCUT2D eigenvalue weighted by molar-refractivity contribution is 5.93. The molecule has 1 saturated carbocycles. The Bertz CT molecular complexity index is 1230. The van der Waals surface area contributed by atoms with Gasteiger partial charge in [0.25, 0.3) is 0 Å². The fourth-order valence-electron chi connectivity index (χ4n) is 5.54. The number of nitrogens with one attached hydrogen (secondary N) is 1. The SMILES string of the molecule is COC(=O)C1C(c2ccccc2)C(C(=O)NCC2CC2)N(C(=O)Cc2ccccc2)C1c1ccccc1. The van der Waals surface area contributed by atoms with E-state index in [1.54, 1.807) is 4.90 Å². The standard InChI is InChI=1S/C31H32N2O4/c1-37-31(36)27-26(23-13-7-3-8-14-23)29(30(35)32-20-22-17-18-22)33(28(27)24-15-9-4-10-16-24)25(34)19-21-11-5-2-6-12-21/h2-16,22,26-29H,17-20H2,1H3,(H,32,35). The van der Waals surface area contributed by atoms with Gasteiger partial charge in [0.05, 0.1) is 25.5 Å². The summed E-state index contributed by atoms with van der Waals surface area (Å²) in [4.78, 5) is 43.1. The molecule has 37 heavy (non-hydrogen) atoms. The van der Waals surface area contributed by atoms with Gasteiger partial charge in [0.1, 0.15) is 6.04 Å². The number of hydrogen-bond acceptors (Lipinski definition) is 4. The summed E-state index contributed by atoms with van der Waals surface area (Å²) in [5.74, 6) is -1.68. The Morgan fingerprint density at radius 1 is 0.838 bits per heavy atom. The molecule has 3 aromatic rings. The van der Waals surface area contributed by atoms with Crippen LogP contribution in [-0.4, -0.2) is 42.4 Å². The molecule has 4 atom stereocenters. The summed E-state index contributed by atoms with van der Waals surface area (Å²) in [6, 6.07) is 27.1. The van der Waals surface area contributed by atoms with Crippen molar-refractivity contribution in [2.45, 2.75) is 37.3 Å². The molecular weight excluding hydrogens is 464 g/mol. The van der Waals surface area contributed by atoms with Crippen LogP contribution in [0.15, 0.2) is 91.0 Å². The number of hydrogen-bond donors (Lipinski definition) is 1. The molecule has 1 N–H and O–H groups in total. The number of benzene rings is 3. The zero-order chi connectivity index (χ0) is 25.8. The van der Waals surface area contributed by atoms with Crippen LogP contribution in [0.3, 0.4) is 0 Å². The Labute approximate surface area is 217 Å². The van der Waals surface area contributed by atoms with Gasteiger partial charge in [-0.3, -0.25) is 14.4 Å². The summed E-state index contributed by atoms with van der Waals surface area (Å²) < 4.78 is 5.31. The van der Waals surface area contributed by atoms with Gasteiger partial charge in [-0.1, -0.05) is 91.0 Å². The average molecular weight is 497 g/mol. The normalized spacial score (nSPS) is 22.9. The van der Waals surface area contributed by atoms with Crippen molar-refractivity contribution >= 4 is 17.8 Å². The number of esters is 1. The quantitative estimate of drug-likeness (QED) is 0.473. The highest BCUT2D eigenvalue weighted by atomic mass is 16.5. The minimum absolute atomic E-state index is 0.131. The Morgan fingerprint density at radius 3 is 1.97 bits per heavy atom. The third kappa shape index (κ3) is 5.29. The van der Waals surface area contributed by atoms with E-state index in [0.717, 1.165) is 29.5 Å². The number of carbonyl (C=O) groups is 3. The van der Waals surface area contributed by atoms with Gasteiger partial charge in [-0.05, 0) is 35.4 Å². The number of nitrogens with zero attached hydrogens (tertiary/aromatic N) is 1. The monoisotopic (exact) mass is 496 g/mol. The van der Waals surface area contributed by atoms with Crippen LogP contribution >= 0.6 is 0 Å². The molecule has 2 amide bonds. The molecule has 6 heteroatoms. The van der Waals surface area contributed by atoms with E-state index in [2.05, 4.69) is 5.32 Å². The topological polar surface area (TPSA) is 75.7 Å². The first-order valence-electron chi connectivity index (χ1n) is 12.9. The van der Waals surface area contributed by atoms with Crippen molar-refractivity contribution in [2.75, 3.05) is 13.7 Å². The van der Waals surface area contributed by atoms with E-state index in [9.17, 15) is 14.4 Å². The zero-order valence-electron chi connectivity index (χ0n) is 21.0. The third-order valence-electron chi connectivity index (χ3n) is 7.48. The van der Waals surface area contributed by atoms with Crippen LogP contribution in [-0.2, 0) is 25.5 Å². The van der Waals surface area contributed by atoms with Gasteiger partial charge in [-0.15, -0.1) is 0 Å². The largest absolute Gasteiger partial charge is 0.469 e. The summed E-state index contributed by atoms with van der Waals surface area (Å²) in [6.45, 7) is 0.580. The van der Waals surface area contributed by atoms with Gasteiger partial charge in [-0.2, -0.15) is 0 Å². The maximum atomic E-state index is 14.1. The summed E-state index contributed by atoms with van der Waals surface area (Å²) in [5, 5.41) is 3.10. The van der Waals surface area contributed by atoms with Gasteiger partial charge in [-0.25, -0.2) is 0 Å². The summed E-state index contributed by atoms with van der Waals surface area (Å²) in [6.07, 6.45) is 2.33. The van der Waals surface area contributed by atoms with Crippen LogP contribution in [0.1, 0.15) is 41.5 Å². The molecule has 6 nitrogen and oxygen atoms in total. The van der Waals surface area contributed by atoms with Crippen LogP contribution in [0.25, 0.3) is 0 Å². The average Bonchev–Trinajstić information content (AvgIpc) is 3.71. The molecule has 4 unspecified atom stereocenters. The predicted octanol–water partition coefficient (Wildman–Crippen LogP) is 4.28. The van der Waals surface area contributed by atoms with Gasteiger partial charge in [0.2, 0.25) is 11.8 Å². The minimum Gasteiger partial charge on any atom is -0.469 e. The Kier molecular flexibility index (Phi) is 7.35. The van der Waals surface area contributed by atoms with Crippen molar-refractivity contribution in [3.05, 3.63) is 108 Å². The first-order valence-corrected chi connectivity index (χ1v) is 12.9. The second-order valence-electron chi connectivity index (χ2n) is 9.94. The highest BCUT2D eigenvalue weighted by Gasteiger charge is 2.57. The van der Waals surface area contributed by atoms with Gasteiger partial charge in [0.15, 0.2) is 0 Å². The predicted molar refractivity (Wildman–Crippen MR) is 140 cm³/mol. The lowest BCUT2D eigenvalue weighted by Crippen LogP contribution is -2.49. The van der Waals surface area contributed by atoms with Crippen molar-refractivity contribution < 1.29 is 19.1 Å². The third-order valence-corrected chi connectivity index (χ3v) is 7.48. The molecule has 5 rings (SSSR count). The van der Waals surface area contributed by atoms with Crippen LogP contribution < -0.4 is 5.32 Å². The van der Waals surface area contributed by atoms with Gasteiger partial charge in [0, 0.05) is 12.5 Å². The number of rotatable bonds is 8. The lowest BCUT2D eigenvalue weighted by molar-refractivity contribution is -0.147. The molecule has 0 bridgehead atoms. The molecule has 3 aromatic carbocycles. The molecule has 1 aliphatic heterocycles. The summed E-state index contributed by atoms with van der Waals surface area (Å²) >= 11 is 0. The molecule has 0 aromatic heterocycles. The van der Waals surface area contributed by atoms with Crippen LogP contribution in [0.4, 0.5) is 0 Å². The molecule has 1 saturated heterocycles. The van der Waals surface area contributed by atoms with E-state index in [4.69, 9.17) is 4.74 Å². The van der Waals surface area contributed by atoms with Crippen LogP contribution in [0.2, 0.25) is 0 Å². The van der Waals surface area contributed by atoms with Crippen molar-refractivity contribution in [1.29, 1.82) is 0 Å². The van der Waals surface area contributed by atoms with Crippen molar-refractivity contribution in [1.82, 2.24) is 10.2 Å². The molecule has 1 aliphatic carbocycles. The number of likely N-dealkylation sites (tertiary alicyclic amines) is 1. The Morgan fingerprint density at radius 2 is 1.41 bits per heavy atom. The second-order valence-corrected chi connectivity index (χ2v) is 9.94. The summed E-state index contributed by atoms with van der Waals surface area (Å²) in [7, 11) is 1.36. The van der Waals surface area contributed by atoms with Crippen molar-refractivity contribution in [3.63, 3.8) is 0 Å². The maximum absolute atomic E-state index is 14.1. The number of amides is 2. The van der Waals surface area contributed by atoms with E-state index in [-0.39, 0.29) is 18.2 Å². The fourth-order valence-corrected chi connectivity index (χ4v) is 5.54. The van der Waals surface area contributed by atoms with Crippen LogP contribution in [0.5, 0.6) is 0 Å². The molecule has 1 heterocycles. The second kappa shape index (κ2) is 11.0. The first-order chi connectivity index (χ1) is 18.1. The van der Waals surface area contributed by atoms with Crippen LogP contribution in [0, 0.1) is 11.8 Å². The number of methoxy groups -OCH3 is 1. The molecule has 0 spiro atoms. The van der Waals surface area contributed by atoms with E-state index >= 15 is 0 Å². The Balaban J connectivity index is 1.64. The van der Waals surface area contributed by atoms with E-state index in [0.29, 0.717) is 12.5 Å². The minimum atomic E-state index is -0.855. The Hall–Kier alpha value is -3.93. The highest BCUT2D eigenvalue weighted by Crippen LogP contribution is 2.50. The van der Waals surface area contributed by atoms with Crippen molar-refractivity contribution in [2.24, 2.45) is 11.8 Å². The van der Waals surface area contributed by atoms with Gasteiger partial charge < -0.3 is 15.0 Å². The van der Waals surface area contributed by atoms with Crippen molar-refractivity contribution in [3.8, 4) is 0 Å².